The van der Waals surface area contributed by atoms with Crippen LogP contribution in [-0.2, 0) is 21.4 Å². The van der Waals surface area contributed by atoms with E-state index >= 15 is 0 Å². The second-order valence-electron chi connectivity index (χ2n) is 4.90. The molecule has 1 heterocycles. The highest BCUT2D eigenvalue weighted by Crippen LogP contribution is 2.21. The standard InChI is InChI=1S/C14H21NO3S/c1-18-12-13-7-6-8-14(11-13)19(16,17)15-9-4-2-3-5-10-15/h6-8,11H,2-5,9-10,12H2,1H3. The molecule has 19 heavy (non-hydrogen) atoms. The minimum Gasteiger partial charge on any atom is -0.380 e. The summed E-state index contributed by atoms with van der Waals surface area (Å²) in [5.74, 6) is 0. The van der Waals surface area contributed by atoms with E-state index in [0.717, 1.165) is 31.2 Å². The molecule has 1 aromatic carbocycles. The lowest BCUT2D eigenvalue weighted by Crippen LogP contribution is -2.31. The molecule has 0 saturated carbocycles. The molecular formula is C14H21NO3S. The molecule has 0 unspecified atom stereocenters. The van der Waals surface area contributed by atoms with Crippen LogP contribution in [0.15, 0.2) is 29.2 Å². The molecule has 0 aliphatic carbocycles. The van der Waals surface area contributed by atoms with E-state index in [4.69, 9.17) is 4.74 Å². The van der Waals surface area contributed by atoms with Crippen molar-refractivity contribution < 1.29 is 13.2 Å². The van der Waals surface area contributed by atoms with Gasteiger partial charge in [-0.25, -0.2) is 8.42 Å². The van der Waals surface area contributed by atoms with E-state index in [-0.39, 0.29) is 0 Å². The molecule has 0 bridgehead atoms. The molecule has 0 N–H and O–H groups in total. The molecule has 0 aromatic heterocycles. The molecule has 106 valence electrons. The SMILES string of the molecule is COCc1cccc(S(=O)(=O)N2CCCCCC2)c1. The van der Waals surface area contributed by atoms with Gasteiger partial charge in [-0.1, -0.05) is 25.0 Å². The average molecular weight is 283 g/mol. The minimum atomic E-state index is -3.35. The number of ether oxygens (including phenoxy) is 1. The van der Waals surface area contributed by atoms with Crippen molar-refractivity contribution >= 4 is 10.0 Å². The van der Waals surface area contributed by atoms with Crippen LogP contribution in [0.1, 0.15) is 31.2 Å². The number of hydrogen-bond donors (Lipinski definition) is 0. The molecule has 5 heteroatoms. The lowest BCUT2D eigenvalue weighted by Gasteiger charge is -2.20. The van der Waals surface area contributed by atoms with Crippen molar-refractivity contribution in [2.75, 3.05) is 20.2 Å². The first-order valence-electron chi connectivity index (χ1n) is 6.72. The Kier molecular flexibility index (Phi) is 4.96. The fourth-order valence-corrected chi connectivity index (χ4v) is 3.98. The molecule has 1 aliphatic heterocycles. The summed E-state index contributed by atoms with van der Waals surface area (Å²) in [7, 11) is -1.74. The van der Waals surface area contributed by atoms with Crippen LogP contribution >= 0.6 is 0 Å². The topological polar surface area (TPSA) is 46.6 Å². The van der Waals surface area contributed by atoms with Gasteiger partial charge in [-0.15, -0.1) is 0 Å². The number of nitrogens with zero attached hydrogens (tertiary/aromatic N) is 1. The first kappa shape index (κ1) is 14.5. The van der Waals surface area contributed by atoms with E-state index in [1.54, 1.807) is 29.6 Å². The Balaban J connectivity index is 2.24. The molecule has 0 atom stereocenters. The van der Waals surface area contributed by atoms with Crippen molar-refractivity contribution in [2.45, 2.75) is 37.2 Å². The Bertz CT molecular complexity index is 505. The normalized spacial score (nSPS) is 18.2. The maximum atomic E-state index is 12.6. The lowest BCUT2D eigenvalue weighted by atomic mass is 10.2. The van der Waals surface area contributed by atoms with Crippen LogP contribution in [0.3, 0.4) is 0 Å². The largest absolute Gasteiger partial charge is 0.380 e. The Hall–Kier alpha value is -0.910. The predicted molar refractivity (Wildman–Crippen MR) is 74.4 cm³/mol. The van der Waals surface area contributed by atoms with Crippen LogP contribution < -0.4 is 0 Å². The molecule has 0 amide bonds. The van der Waals surface area contributed by atoms with Crippen LogP contribution in [0.5, 0.6) is 0 Å². The Morgan fingerprint density at radius 2 is 1.84 bits per heavy atom. The van der Waals surface area contributed by atoms with E-state index in [1.165, 1.54) is 0 Å². The summed E-state index contributed by atoms with van der Waals surface area (Å²) in [4.78, 5) is 0.379. The zero-order chi connectivity index (χ0) is 13.7. The maximum absolute atomic E-state index is 12.6. The monoisotopic (exact) mass is 283 g/mol. The van der Waals surface area contributed by atoms with E-state index in [9.17, 15) is 8.42 Å². The van der Waals surface area contributed by atoms with Gasteiger partial charge in [0.2, 0.25) is 10.0 Å². The van der Waals surface area contributed by atoms with Gasteiger partial charge in [0.05, 0.1) is 11.5 Å². The van der Waals surface area contributed by atoms with Gasteiger partial charge in [0.15, 0.2) is 0 Å². The number of hydrogen-bond acceptors (Lipinski definition) is 3. The van der Waals surface area contributed by atoms with Crippen molar-refractivity contribution in [3.8, 4) is 0 Å². The Morgan fingerprint density at radius 1 is 1.16 bits per heavy atom. The zero-order valence-corrected chi connectivity index (χ0v) is 12.2. The predicted octanol–water partition coefficient (Wildman–Crippen LogP) is 2.40. The van der Waals surface area contributed by atoms with Gasteiger partial charge in [0, 0.05) is 20.2 Å². The fourth-order valence-electron chi connectivity index (χ4n) is 2.39. The fraction of sp³-hybridized carbons (Fsp3) is 0.571. The number of methoxy groups -OCH3 is 1. The van der Waals surface area contributed by atoms with Gasteiger partial charge in [-0.05, 0) is 30.5 Å². The van der Waals surface area contributed by atoms with Crippen LogP contribution in [0.4, 0.5) is 0 Å². The molecule has 1 aliphatic rings. The lowest BCUT2D eigenvalue weighted by molar-refractivity contribution is 0.184. The van der Waals surface area contributed by atoms with Gasteiger partial charge >= 0.3 is 0 Å². The van der Waals surface area contributed by atoms with E-state index in [1.807, 2.05) is 6.07 Å². The van der Waals surface area contributed by atoms with Crippen LogP contribution in [-0.4, -0.2) is 32.9 Å². The molecule has 4 nitrogen and oxygen atoms in total. The van der Waals surface area contributed by atoms with Crippen molar-refractivity contribution in [3.63, 3.8) is 0 Å². The second-order valence-corrected chi connectivity index (χ2v) is 6.84. The summed E-state index contributed by atoms with van der Waals surface area (Å²) in [5, 5.41) is 0. The summed E-state index contributed by atoms with van der Waals surface area (Å²) in [5.41, 5.74) is 0.887. The molecule has 1 fully saturated rings. The summed E-state index contributed by atoms with van der Waals surface area (Å²) in [6.45, 7) is 1.71. The van der Waals surface area contributed by atoms with E-state index < -0.39 is 10.0 Å². The molecular weight excluding hydrogens is 262 g/mol. The molecule has 1 saturated heterocycles. The third-order valence-electron chi connectivity index (χ3n) is 3.41. The second kappa shape index (κ2) is 6.50. The van der Waals surface area contributed by atoms with Gasteiger partial charge in [-0.2, -0.15) is 4.31 Å². The highest BCUT2D eigenvalue weighted by Gasteiger charge is 2.25. The van der Waals surface area contributed by atoms with Gasteiger partial charge < -0.3 is 4.74 Å². The van der Waals surface area contributed by atoms with Crippen molar-refractivity contribution in [1.29, 1.82) is 0 Å². The molecule has 0 radical (unpaired) electrons. The van der Waals surface area contributed by atoms with Crippen molar-refractivity contribution in [2.24, 2.45) is 0 Å². The first-order valence-corrected chi connectivity index (χ1v) is 8.16. The highest BCUT2D eigenvalue weighted by molar-refractivity contribution is 7.89. The summed E-state index contributed by atoms with van der Waals surface area (Å²) in [6, 6.07) is 7.03. The van der Waals surface area contributed by atoms with Crippen molar-refractivity contribution in [1.82, 2.24) is 4.31 Å². The third-order valence-corrected chi connectivity index (χ3v) is 5.31. The highest BCUT2D eigenvalue weighted by atomic mass is 32.2. The zero-order valence-electron chi connectivity index (χ0n) is 11.3. The van der Waals surface area contributed by atoms with E-state index in [2.05, 4.69) is 0 Å². The number of benzene rings is 1. The maximum Gasteiger partial charge on any atom is 0.243 e. The smallest absolute Gasteiger partial charge is 0.243 e. The van der Waals surface area contributed by atoms with E-state index in [0.29, 0.717) is 24.6 Å². The van der Waals surface area contributed by atoms with Crippen LogP contribution in [0.2, 0.25) is 0 Å². The van der Waals surface area contributed by atoms with Gasteiger partial charge in [0.1, 0.15) is 0 Å². The first-order chi connectivity index (χ1) is 9.14. The summed E-state index contributed by atoms with van der Waals surface area (Å²) in [6.07, 6.45) is 4.15. The average Bonchev–Trinajstić information content (AvgIpc) is 2.69. The Labute approximate surface area is 115 Å². The number of rotatable bonds is 4. The third kappa shape index (κ3) is 3.55. The minimum absolute atomic E-state index is 0.379. The Morgan fingerprint density at radius 3 is 2.47 bits per heavy atom. The van der Waals surface area contributed by atoms with Gasteiger partial charge in [0.25, 0.3) is 0 Å². The van der Waals surface area contributed by atoms with Gasteiger partial charge in [-0.3, -0.25) is 0 Å². The summed E-state index contributed by atoms with van der Waals surface area (Å²) >= 11 is 0. The molecule has 1 aromatic rings. The molecule has 0 spiro atoms. The number of sulfonamides is 1. The molecule has 2 rings (SSSR count). The van der Waals surface area contributed by atoms with Crippen LogP contribution in [0, 0.1) is 0 Å². The summed E-state index contributed by atoms with van der Waals surface area (Å²) < 4.78 is 31.8. The van der Waals surface area contributed by atoms with Crippen LogP contribution in [0.25, 0.3) is 0 Å². The quantitative estimate of drug-likeness (QED) is 0.852. The van der Waals surface area contributed by atoms with Crippen molar-refractivity contribution in [3.05, 3.63) is 29.8 Å².